The number of likely N-dealkylation sites (N-methyl/N-ethyl adjacent to an activating group) is 1. The second kappa shape index (κ2) is 6.00. The van der Waals surface area contributed by atoms with Gasteiger partial charge in [-0.15, -0.1) is 11.3 Å². The second-order valence-electron chi connectivity index (χ2n) is 4.53. The lowest BCUT2D eigenvalue weighted by Crippen LogP contribution is -2.19. The molecule has 1 heterocycles. The highest BCUT2D eigenvalue weighted by molar-refractivity contribution is 9.11. The van der Waals surface area contributed by atoms with Crippen LogP contribution < -0.4 is 5.32 Å². The van der Waals surface area contributed by atoms with Gasteiger partial charge in [-0.3, -0.25) is 0 Å². The third kappa shape index (κ3) is 3.02. The van der Waals surface area contributed by atoms with E-state index >= 15 is 0 Å². The van der Waals surface area contributed by atoms with Gasteiger partial charge in [-0.25, -0.2) is 0 Å². The van der Waals surface area contributed by atoms with Gasteiger partial charge < -0.3 is 5.32 Å². The Kier molecular flexibility index (Phi) is 4.60. The summed E-state index contributed by atoms with van der Waals surface area (Å²) in [5.74, 6) is 0. The molecule has 0 aliphatic heterocycles. The molecule has 0 aliphatic rings. The average molecular weight is 324 g/mol. The van der Waals surface area contributed by atoms with Crippen molar-refractivity contribution in [3.8, 4) is 0 Å². The van der Waals surface area contributed by atoms with Gasteiger partial charge in [-0.1, -0.05) is 24.3 Å². The molecule has 1 N–H and O–H groups in total. The molecular formula is C15H18BrNS. The maximum absolute atomic E-state index is 3.57. The fraction of sp³-hybridized carbons (Fsp3) is 0.333. The first-order valence-electron chi connectivity index (χ1n) is 6.09. The average Bonchev–Trinajstić information content (AvgIpc) is 2.67. The Morgan fingerprint density at radius 1 is 1.28 bits per heavy atom. The van der Waals surface area contributed by atoms with Crippen molar-refractivity contribution in [2.45, 2.75) is 26.3 Å². The quantitative estimate of drug-likeness (QED) is 0.864. The molecule has 2 aromatic rings. The minimum absolute atomic E-state index is 0.383. The van der Waals surface area contributed by atoms with E-state index < -0.39 is 0 Å². The molecule has 0 fully saturated rings. The van der Waals surface area contributed by atoms with Gasteiger partial charge in [0.05, 0.1) is 3.79 Å². The summed E-state index contributed by atoms with van der Waals surface area (Å²) in [6, 6.07) is 11.2. The van der Waals surface area contributed by atoms with E-state index in [-0.39, 0.29) is 0 Å². The van der Waals surface area contributed by atoms with E-state index in [2.05, 4.69) is 65.4 Å². The summed E-state index contributed by atoms with van der Waals surface area (Å²) >= 11 is 5.38. The van der Waals surface area contributed by atoms with Gasteiger partial charge >= 0.3 is 0 Å². The summed E-state index contributed by atoms with van der Waals surface area (Å²) in [6.45, 7) is 4.37. The van der Waals surface area contributed by atoms with E-state index in [9.17, 15) is 0 Å². The van der Waals surface area contributed by atoms with Crippen LogP contribution in [0.1, 0.15) is 27.6 Å². The molecule has 3 heteroatoms. The highest BCUT2D eigenvalue weighted by atomic mass is 79.9. The van der Waals surface area contributed by atoms with E-state index in [1.807, 2.05) is 7.05 Å². The van der Waals surface area contributed by atoms with E-state index in [1.165, 1.54) is 25.4 Å². The molecule has 0 saturated heterocycles. The van der Waals surface area contributed by atoms with Gasteiger partial charge in [0.15, 0.2) is 0 Å². The molecule has 0 bridgehead atoms. The molecule has 1 aromatic heterocycles. The Bertz CT molecular complexity index is 533. The number of nitrogens with one attached hydrogen (secondary N) is 1. The van der Waals surface area contributed by atoms with Crippen molar-refractivity contribution in [3.05, 3.63) is 55.7 Å². The third-order valence-corrected chi connectivity index (χ3v) is 4.90. The first-order chi connectivity index (χ1) is 8.61. The lowest BCUT2D eigenvalue weighted by atomic mass is 9.97. The van der Waals surface area contributed by atoms with Crippen molar-refractivity contribution in [1.29, 1.82) is 0 Å². The van der Waals surface area contributed by atoms with Crippen LogP contribution in [0.15, 0.2) is 34.1 Å². The predicted molar refractivity (Wildman–Crippen MR) is 83.4 cm³/mol. The number of thiophene rings is 1. The molecule has 0 spiro atoms. The molecule has 0 amide bonds. The van der Waals surface area contributed by atoms with Crippen molar-refractivity contribution >= 4 is 27.3 Å². The maximum Gasteiger partial charge on any atom is 0.0704 e. The summed E-state index contributed by atoms with van der Waals surface area (Å²) in [5, 5.41) is 3.43. The summed E-state index contributed by atoms with van der Waals surface area (Å²) in [6.07, 6.45) is 1.03. The van der Waals surface area contributed by atoms with Crippen LogP contribution in [0, 0.1) is 13.8 Å². The molecular weight excluding hydrogens is 306 g/mol. The van der Waals surface area contributed by atoms with Crippen LogP contribution in [0.25, 0.3) is 0 Å². The molecule has 18 heavy (non-hydrogen) atoms. The highest BCUT2D eigenvalue weighted by Crippen LogP contribution is 2.32. The smallest absolute Gasteiger partial charge is 0.0704 e. The van der Waals surface area contributed by atoms with Crippen LogP contribution in [0.5, 0.6) is 0 Å². The molecule has 2 rings (SSSR count). The van der Waals surface area contributed by atoms with Crippen LogP contribution in [0.3, 0.4) is 0 Å². The minimum atomic E-state index is 0.383. The van der Waals surface area contributed by atoms with Gasteiger partial charge in [-0.2, -0.15) is 0 Å². The number of aryl methyl sites for hydroxylation is 2. The van der Waals surface area contributed by atoms with E-state index in [0.717, 1.165) is 6.42 Å². The molecule has 0 aliphatic carbocycles. The summed E-state index contributed by atoms with van der Waals surface area (Å²) in [5.41, 5.74) is 4.18. The van der Waals surface area contributed by atoms with Crippen LogP contribution in [-0.4, -0.2) is 7.05 Å². The molecule has 0 radical (unpaired) electrons. The van der Waals surface area contributed by atoms with Crippen LogP contribution in [0.2, 0.25) is 0 Å². The van der Waals surface area contributed by atoms with Crippen molar-refractivity contribution in [1.82, 2.24) is 5.32 Å². The zero-order valence-electron chi connectivity index (χ0n) is 11.0. The number of rotatable bonds is 4. The van der Waals surface area contributed by atoms with Crippen molar-refractivity contribution in [3.63, 3.8) is 0 Å². The van der Waals surface area contributed by atoms with Gasteiger partial charge in [-0.05, 0) is 66.0 Å². The Labute approximate surface area is 121 Å². The fourth-order valence-corrected chi connectivity index (χ4v) is 4.00. The second-order valence-corrected chi connectivity index (χ2v) is 7.17. The number of halogens is 1. The lowest BCUT2D eigenvalue weighted by Gasteiger charge is -2.17. The SMILES string of the molecule is CNC(Cc1ccccc1C)c1cc(Br)sc1C. The summed E-state index contributed by atoms with van der Waals surface area (Å²) in [7, 11) is 2.04. The predicted octanol–water partition coefficient (Wildman–Crippen LogP) is 4.63. The number of benzene rings is 1. The van der Waals surface area contributed by atoms with Crippen molar-refractivity contribution in [2.24, 2.45) is 0 Å². The van der Waals surface area contributed by atoms with Crippen LogP contribution in [-0.2, 0) is 6.42 Å². The summed E-state index contributed by atoms with van der Waals surface area (Å²) in [4.78, 5) is 1.38. The van der Waals surface area contributed by atoms with E-state index in [1.54, 1.807) is 11.3 Å². The fourth-order valence-electron chi connectivity index (χ4n) is 2.23. The Morgan fingerprint density at radius 2 is 2.00 bits per heavy atom. The summed E-state index contributed by atoms with van der Waals surface area (Å²) < 4.78 is 1.21. The molecule has 1 unspecified atom stereocenters. The molecule has 1 nitrogen and oxygen atoms in total. The molecule has 1 aromatic carbocycles. The number of hydrogen-bond donors (Lipinski definition) is 1. The van der Waals surface area contributed by atoms with Gasteiger partial charge in [0.25, 0.3) is 0 Å². The Hall–Kier alpha value is -0.640. The van der Waals surface area contributed by atoms with Gasteiger partial charge in [0.2, 0.25) is 0 Å². The van der Waals surface area contributed by atoms with Gasteiger partial charge in [0, 0.05) is 10.9 Å². The monoisotopic (exact) mass is 323 g/mol. The van der Waals surface area contributed by atoms with Crippen LogP contribution in [0.4, 0.5) is 0 Å². The largest absolute Gasteiger partial charge is 0.313 e. The molecule has 0 saturated carbocycles. The maximum atomic E-state index is 3.57. The first kappa shape index (κ1) is 13.8. The van der Waals surface area contributed by atoms with Gasteiger partial charge in [0.1, 0.15) is 0 Å². The zero-order chi connectivity index (χ0) is 13.1. The lowest BCUT2D eigenvalue weighted by molar-refractivity contribution is 0.590. The Balaban J connectivity index is 2.25. The van der Waals surface area contributed by atoms with Crippen molar-refractivity contribution < 1.29 is 0 Å². The van der Waals surface area contributed by atoms with Crippen molar-refractivity contribution in [2.75, 3.05) is 7.05 Å². The first-order valence-corrected chi connectivity index (χ1v) is 7.70. The van der Waals surface area contributed by atoms with E-state index in [0.29, 0.717) is 6.04 Å². The molecule has 1 atom stereocenters. The zero-order valence-corrected chi connectivity index (χ0v) is 13.4. The normalized spacial score (nSPS) is 12.7. The minimum Gasteiger partial charge on any atom is -0.313 e. The third-order valence-electron chi connectivity index (χ3n) is 3.34. The Morgan fingerprint density at radius 3 is 2.56 bits per heavy atom. The van der Waals surface area contributed by atoms with E-state index in [4.69, 9.17) is 0 Å². The molecule has 96 valence electrons. The standard InChI is InChI=1S/C15H18BrNS/c1-10-6-4-5-7-12(10)8-14(17-3)13-9-15(16)18-11(13)2/h4-7,9,14,17H,8H2,1-3H3. The van der Waals surface area contributed by atoms with Crippen LogP contribution >= 0.6 is 27.3 Å². The number of hydrogen-bond acceptors (Lipinski definition) is 2. The highest BCUT2D eigenvalue weighted by Gasteiger charge is 2.15. The topological polar surface area (TPSA) is 12.0 Å².